The van der Waals surface area contributed by atoms with E-state index in [1.165, 1.54) is 0 Å². The smallest absolute Gasteiger partial charge is 0.106 e. The summed E-state index contributed by atoms with van der Waals surface area (Å²) in [5.41, 5.74) is 0. The molecule has 80 valence electrons. The summed E-state index contributed by atoms with van der Waals surface area (Å²) in [5.74, 6) is 0.802. The van der Waals surface area contributed by atoms with E-state index in [-0.39, 0.29) is 6.10 Å². The quantitative estimate of drug-likeness (QED) is 0.760. The van der Waals surface area contributed by atoms with Crippen LogP contribution in [0.2, 0.25) is 0 Å². The summed E-state index contributed by atoms with van der Waals surface area (Å²) in [6.07, 6.45) is 2.38. The topological polar surface area (TPSA) is 42.6 Å². The molecule has 1 heterocycles. The lowest BCUT2D eigenvalue weighted by Crippen LogP contribution is -2.30. The van der Waals surface area contributed by atoms with E-state index in [1.54, 1.807) is 6.26 Å². The highest BCUT2D eigenvalue weighted by Gasteiger charge is 2.18. The fourth-order valence-corrected chi connectivity index (χ4v) is 1.48. The van der Waals surface area contributed by atoms with Crippen LogP contribution in [-0.4, -0.2) is 23.9 Å². The molecule has 0 fully saturated rings. The van der Waals surface area contributed by atoms with Gasteiger partial charge in [0.05, 0.1) is 18.5 Å². The van der Waals surface area contributed by atoms with Crippen LogP contribution in [0.25, 0.3) is 0 Å². The summed E-state index contributed by atoms with van der Waals surface area (Å²) in [6, 6.07) is 3.69. The molecular formula is C11H18O3. The Kier molecular flexibility index (Phi) is 4.70. The first-order valence-corrected chi connectivity index (χ1v) is 5.10. The van der Waals surface area contributed by atoms with Gasteiger partial charge in [-0.1, -0.05) is 6.92 Å². The molecule has 1 rings (SSSR count). The third kappa shape index (κ3) is 3.16. The summed E-state index contributed by atoms with van der Waals surface area (Å²) in [7, 11) is 0. The number of rotatable bonds is 6. The molecule has 3 heteroatoms. The Labute approximate surface area is 84.7 Å². The van der Waals surface area contributed by atoms with Crippen molar-refractivity contribution in [2.75, 3.05) is 6.61 Å². The molecule has 0 saturated heterocycles. The molecule has 2 atom stereocenters. The number of hydrogen-bond acceptors (Lipinski definition) is 3. The normalized spacial score (nSPS) is 15.4. The molecule has 0 spiro atoms. The molecule has 1 aromatic rings. The molecule has 0 aromatic carbocycles. The van der Waals surface area contributed by atoms with E-state index in [4.69, 9.17) is 9.15 Å². The number of aliphatic hydroxyl groups excluding tert-OH is 1. The van der Waals surface area contributed by atoms with Crippen molar-refractivity contribution in [3.05, 3.63) is 24.2 Å². The molecule has 0 radical (unpaired) electrons. The Morgan fingerprint density at radius 2 is 2.29 bits per heavy atom. The fraction of sp³-hybridized carbons (Fsp3) is 0.636. The molecule has 1 N–H and O–H groups in total. The summed E-state index contributed by atoms with van der Waals surface area (Å²) < 4.78 is 10.6. The Morgan fingerprint density at radius 3 is 2.79 bits per heavy atom. The Balaban J connectivity index is 2.43. The monoisotopic (exact) mass is 198 g/mol. The maximum Gasteiger partial charge on any atom is 0.106 e. The van der Waals surface area contributed by atoms with Gasteiger partial charge in [-0.15, -0.1) is 0 Å². The van der Waals surface area contributed by atoms with Gasteiger partial charge in [-0.05, 0) is 25.5 Å². The van der Waals surface area contributed by atoms with Gasteiger partial charge in [0.2, 0.25) is 0 Å². The summed E-state index contributed by atoms with van der Waals surface area (Å²) >= 11 is 0. The zero-order chi connectivity index (χ0) is 10.4. The molecule has 0 aliphatic heterocycles. The van der Waals surface area contributed by atoms with Gasteiger partial charge in [0.25, 0.3) is 0 Å². The van der Waals surface area contributed by atoms with E-state index in [9.17, 15) is 5.11 Å². The highest BCUT2D eigenvalue weighted by atomic mass is 16.5. The second-order valence-corrected chi connectivity index (χ2v) is 3.25. The number of furan rings is 1. The van der Waals surface area contributed by atoms with E-state index < -0.39 is 6.10 Å². The maximum absolute atomic E-state index is 9.83. The first-order valence-electron chi connectivity index (χ1n) is 5.10. The van der Waals surface area contributed by atoms with Crippen molar-refractivity contribution in [2.45, 2.75) is 38.9 Å². The minimum absolute atomic E-state index is 0.0925. The van der Waals surface area contributed by atoms with Crippen molar-refractivity contribution < 1.29 is 14.3 Å². The minimum atomic E-state index is -0.480. The first-order chi connectivity index (χ1) is 6.77. The first kappa shape index (κ1) is 11.3. The largest absolute Gasteiger partial charge is 0.469 e. The Bertz CT molecular complexity index is 231. The van der Waals surface area contributed by atoms with Crippen molar-refractivity contribution in [2.24, 2.45) is 0 Å². The molecule has 2 unspecified atom stereocenters. The lowest BCUT2D eigenvalue weighted by Gasteiger charge is -2.20. The van der Waals surface area contributed by atoms with Crippen molar-refractivity contribution in [1.82, 2.24) is 0 Å². The van der Waals surface area contributed by atoms with Gasteiger partial charge in [0.15, 0.2) is 0 Å². The summed E-state index contributed by atoms with van der Waals surface area (Å²) in [6.45, 7) is 4.57. The van der Waals surface area contributed by atoms with Crippen LogP contribution in [0.3, 0.4) is 0 Å². The van der Waals surface area contributed by atoms with Crippen molar-refractivity contribution >= 4 is 0 Å². The van der Waals surface area contributed by atoms with Gasteiger partial charge < -0.3 is 14.3 Å². The summed E-state index contributed by atoms with van der Waals surface area (Å²) in [4.78, 5) is 0. The molecule has 14 heavy (non-hydrogen) atoms. The van der Waals surface area contributed by atoms with Gasteiger partial charge in [-0.25, -0.2) is 0 Å². The van der Waals surface area contributed by atoms with Gasteiger partial charge in [-0.3, -0.25) is 0 Å². The van der Waals surface area contributed by atoms with Crippen LogP contribution in [0.15, 0.2) is 22.8 Å². The highest BCUT2D eigenvalue weighted by molar-refractivity contribution is 5.00. The molecule has 0 saturated carbocycles. The number of aliphatic hydroxyl groups is 1. The van der Waals surface area contributed by atoms with Crippen LogP contribution in [0.5, 0.6) is 0 Å². The van der Waals surface area contributed by atoms with Crippen LogP contribution in [-0.2, 0) is 11.2 Å². The lowest BCUT2D eigenvalue weighted by molar-refractivity contribution is -0.0352. The predicted octanol–water partition coefficient (Wildman–Crippen LogP) is 2.00. The molecular weight excluding hydrogens is 180 g/mol. The maximum atomic E-state index is 9.83. The van der Waals surface area contributed by atoms with Crippen LogP contribution in [0.4, 0.5) is 0 Å². The average molecular weight is 198 g/mol. The Hall–Kier alpha value is -0.800. The summed E-state index contributed by atoms with van der Waals surface area (Å²) in [5, 5.41) is 9.83. The number of hydrogen-bond donors (Lipinski definition) is 1. The zero-order valence-corrected chi connectivity index (χ0v) is 8.77. The van der Waals surface area contributed by atoms with Crippen molar-refractivity contribution in [1.29, 1.82) is 0 Å². The lowest BCUT2D eigenvalue weighted by atomic mass is 10.1. The second kappa shape index (κ2) is 5.83. The SMILES string of the molecule is CCOC(CC)C(O)Cc1ccco1. The Morgan fingerprint density at radius 1 is 1.50 bits per heavy atom. The van der Waals surface area contributed by atoms with Crippen LogP contribution >= 0.6 is 0 Å². The molecule has 0 aliphatic carbocycles. The zero-order valence-electron chi connectivity index (χ0n) is 8.77. The molecule has 0 amide bonds. The molecule has 0 bridgehead atoms. The van der Waals surface area contributed by atoms with Gasteiger partial charge >= 0.3 is 0 Å². The number of ether oxygens (including phenoxy) is 1. The average Bonchev–Trinajstić information content (AvgIpc) is 2.66. The van der Waals surface area contributed by atoms with Gasteiger partial charge in [0, 0.05) is 13.0 Å². The second-order valence-electron chi connectivity index (χ2n) is 3.25. The van der Waals surface area contributed by atoms with Crippen LogP contribution < -0.4 is 0 Å². The van der Waals surface area contributed by atoms with Crippen LogP contribution in [0, 0.1) is 0 Å². The molecule has 3 nitrogen and oxygen atoms in total. The van der Waals surface area contributed by atoms with Crippen molar-refractivity contribution in [3.63, 3.8) is 0 Å². The van der Waals surface area contributed by atoms with E-state index in [2.05, 4.69) is 0 Å². The highest BCUT2D eigenvalue weighted by Crippen LogP contribution is 2.11. The van der Waals surface area contributed by atoms with Crippen LogP contribution in [0.1, 0.15) is 26.0 Å². The van der Waals surface area contributed by atoms with E-state index >= 15 is 0 Å². The third-order valence-corrected chi connectivity index (χ3v) is 2.20. The van der Waals surface area contributed by atoms with Crippen molar-refractivity contribution in [3.8, 4) is 0 Å². The third-order valence-electron chi connectivity index (χ3n) is 2.20. The predicted molar refractivity (Wildman–Crippen MR) is 54.1 cm³/mol. The van der Waals surface area contributed by atoms with E-state index in [1.807, 2.05) is 26.0 Å². The molecule has 0 aliphatic rings. The minimum Gasteiger partial charge on any atom is -0.469 e. The fourth-order valence-electron chi connectivity index (χ4n) is 1.48. The van der Waals surface area contributed by atoms with Gasteiger partial charge in [0.1, 0.15) is 5.76 Å². The van der Waals surface area contributed by atoms with E-state index in [0.29, 0.717) is 13.0 Å². The van der Waals surface area contributed by atoms with Gasteiger partial charge in [-0.2, -0.15) is 0 Å². The standard InChI is InChI=1S/C11H18O3/c1-3-11(13-4-2)10(12)8-9-6-5-7-14-9/h5-7,10-12H,3-4,8H2,1-2H3. The van der Waals surface area contributed by atoms with E-state index in [0.717, 1.165) is 12.2 Å². The molecule has 1 aromatic heterocycles.